The molecule has 0 saturated carbocycles. The predicted molar refractivity (Wildman–Crippen MR) is 87.7 cm³/mol. The number of phenolic OH excluding ortho intramolecular Hbond substituents is 1. The normalized spacial score (nSPS) is 11.7. The van der Waals surface area contributed by atoms with Crippen LogP contribution in [0, 0.1) is 0 Å². The van der Waals surface area contributed by atoms with Crippen LogP contribution in [0.1, 0.15) is 24.5 Å². The third-order valence-electron chi connectivity index (χ3n) is 3.48. The van der Waals surface area contributed by atoms with E-state index in [1.54, 1.807) is 12.1 Å². The molecule has 4 nitrogen and oxygen atoms in total. The Morgan fingerprint density at radius 1 is 1.05 bits per heavy atom. The van der Waals surface area contributed by atoms with Gasteiger partial charge in [0, 0.05) is 12.6 Å². The fourth-order valence-electron chi connectivity index (χ4n) is 2.17. The van der Waals surface area contributed by atoms with Crippen molar-refractivity contribution in [1.82, 2.24) is 10.6 Å². The van der Waals surface area contributed by atoms with Gasteiger partial charge in [0.2, 0.25) is 0 Å². The number of amides is 2. The average molecular weight is 298 g/mol. The molecule has 3 N–H and O–H groups in total. The molecular formula is C18H22N2O2. The summed E-state index contributed by atoms with van der Waals surface area (Å²) in [5.41, 5.74) is 2.23. The van der Waals surface area contributed by atoms with Crippen molar-refractivity contribution >= 4 is 6.03 Å². The van der Waals surface area contributed by atoms with E-state index in [1.807, 2.05) is 49.4 Å². The minimum Gasteiger partial charge on any atom is -0.508 e. The number of nitrogens with one attached hydrogen (secondary N) is 2. The number of aryl methyl sites for hydroxylation is 1. The lowest BCUT2D eigenvalue weighted by molar-refractivity contribution is 0.237. The fourth-order valence-corrected chi connectivity index (χ4v) is 2.17. The van der Waals surface area contributed by atoms with Crippen LogP contribution in [0.2, 0.25) is 0 Å². The van der Waals surface area contributed by atoms with E-state index < -0.39 is 0 Å². The van der Waals surface area contributed by atoms with Gasteiger partial charge in [-0.25, -0.2) is 4.79 Å². The summed E-state index contributed by atoms with van der Waals surface area (Å²) < 4.78 is 0. The zero-order valence-electron chi connectivity index (χ0n) is 12.8. The molecule has 1 unspecified atom stereocenters. The second kappa shape index (κ2) is 8.08. The van der Waals surface area contributed by atoms with E-state index in [0.29, 0.717) is 6.54 Å². The second-order valence-corrected chi connectivity index (χ2v) is 5.42. The number of rotatable bonds is 6. The summed E-state index contributed by atoms with van der Waals surface area (Å²) in [5.74, 6) is 0.273. The van der Waals surface area contributed by atoms with Crippen molar-refractivity contribution in [2.45, 2.75) is 32.4 Å². The molecule has 0 heterocycles. The molecule has 22 heavy (non-hydrogen) atoms. The molecule has 2 rings (SSSR count). The van der Waals surface area contributed by atoms with Gasteiger partial charge in [0.25, 0.3) is 0 Å². The van der Waals surface area contributed by atoms with Gasteiger partial charge < -0.3 is 15.7 Å². The van der Waals surface area contributed by atoms with Crippen LogP contribution in [-0.2, 0) is 13.0 Å². The molecule has 2 aromatic carbocycles. The van der Waals surface area contributed by atoms with Gasteiger partial charge in [0.05, 0.1) is 0 Å². The standard InChI is InChI=1S/C18H22N2O2/c1-14(7-8-15-9-11-17(21)12-10-15)20-18(22)19-13-16-5-3-2-4-6-16/h2-6,9-12,14,21H,7-8,13H2,1H3,(H2,19,20,22). The predicted octanol–water partition coefficient (Wildman–Crippen LogP) is 3.21. The van der Waals surface area contributed by atoms with E-state index >= 15 is 0 Å². The van der Waals surface area contributed by atoms with E-state index in [4.69, 9.17) is 0 Å². The van der Waals surface area contributed by atoms with E-state index in [1.165, 1.54) is 0 Å². The number of phenols is 1. The highest BCUT2D eigenvalue weighted by molar-refractivity contribution is 5.74. The number of benzene rings is 2. The zero-order chi connectivity index (χ0) is 15.8. The van der Waals surface area contributed by atoms with Crippen molar-refractivity contribution in [3.8, 4) is 5.75 Å². The summed E-state index contributed by atoms with van der Waals surface area (Å²) >= 11 is 0. The van der Waals surface area contributed by atoms with Crippen molar-refractivity contribution in [3.63, 3.8) is 0 Å². The molecule has 0 bridgehead atoms. The largest absolute Gasteiger partial charge is 0.508 e. The van der Waals surface area contributed by atoms with Crippen LogP contribution in [-0.4, -0.2) is 17.2 Å². The highest BCUT2D eigenvalue weighted by Crippen LogP contribution is 2.11. The molecule has 4 heteroatoms. The van der Waals surface area contributed by atoms with Gasteiger partial charge in [-0.05, 0) is 43.0 Å². The molecule has 0 aliphatic carbocycles. The highest BCUT2D eigenvalue weighted by atomic mass is 16.3. The SMILES string of the molecule is CC(CCc1ccc(O)cc1)NC(=O)NCc1ccccc1. The maximum atomic E-state index is 11.8. The first-order valence-corrected chi connectivity index (χ1v) is 7.49. The Morgan fingerprint density at radius 3 is 2.41 bits per heavy atom. The molecule has 2 amide bonds. The lowest BCUT2D eigenvalue weighted by Crippen LogP contribution is -2.40. The molecule has 0 aromatic heterocycles. The fraction of sp³-hybridized carbons (Fsp3) is 0.278. The molecule has 0 saturated heterocycles. The third-order valence-corrected chi connectivity index (χ3v) is 3.48. The van der Waals surface area contributed by atoms with E-state index in [2.05, 4.69) is 10.6 Å². The van der Waals surface area contributed by atoms with E-state index in [9.17, 15) is 9.90 Å². The van der Waals surface area contributed by atoms with Crippen LogP contribution in [0.25, 0.3) is 0 Å². The van der Waals surface area contributed by atoms with Crippen LogP contribution in [0.5, 0.6) is 5.75 Å². The molecule has 0 fully saturated rings. The summed E-state index contributed by atoms with van der Waals surface area (Å²) in [6.45, 7) is 2.51. The van der Waals surface area contributed by atoms with Gasteiger partial charge in [-0.3, -0.25) is 0 Å². The van der Waals surface area contributed by atoms with Crippen LogP contribution in [0.4, 0.5) is 4.79 Å². The van der Waals surface area contributed by atoms with Crippen molar-refractivity contribution in [3.05, 3.63) is 65.7 Å². The minimum atomic E-state index is -0.151. The highest BCUT2D eigenvalue weighted by Gasteiger charge is 2.07. The molecule has 2 aromatic rings. The molecule has 0 radical (unpaired) electrons. The number of carbonyl (C=O) groups excluding carboxylic acids is 1. The van der Waals surface area contributed by atoms with Crippen molar-refractivity contribution < 1.29 is 9.90 Å². The Hall–Kier alpha value is -2.49. The van der Waals surface area contributed by atoms with E-state index in [-0.39, 0.29) is 17.8 Å². The quantitative estimate of drug-likeness (QED) is 0.767. The van der Waals surface area contributed by atoms with Gasteiger partial charge in [-0.1, -0.05) is 42.5 Å². The number of urea groups is 1. The maximum Gasteiger partial charge on any atom is 0.315 e. The van der Waals surface area contributed by atoms with Crippen LogP contribution < -0.4 is 10.6 Å². The second-order valence-electron chi connectivity index (χ2n) is 5.42. The van der Waals surface area contributed by atoms with Gasteiger partial charge in [0.1, 0.15) is 5.75 Å². The van der Waals surface area contributed by atoms with Crippen molar-refractivity contribution in [1.29, 1.82) is 0 Å². The monoisotopic (exact) mass is 298 g/mol. The lowest BCUT2D eigenvalue weighted by atomic mass is 10.1. The first-order chi connectivity index (χ1) is 10.6. The minimum absolute atomic E-state index is 0.0876. The van der Waals surface area contributed by atoms with Crippen molar-refractivity contribution in [2.75, 3.05) is 0 Å². The molecule has 1 atom stereocenters. The number of hydrogen-bond donors (Lipinski definition) is 3. The lowest BCUT2D eigenvalue weighted by Gasteiger charge is -2.14. The first kappa shape index (κ1) is 15.9. The Morgan fingerprint density at radius 2 is 1.73 bits per heavy atom. The van der Waals surface area contributed by atoms with E-state index in [0.717, 1.165) is 24.0 Å². The van der Waals surface area contributed by atoms with Crippen LogP contribution in [0.15, 0.2) is 54.6 Å². The van der Waals surface area contributed by atoms with Gasteiger partial charge in [-0.2, -0.15) is 0 Å². The summed E-state index contributed by atoms with van der Waals surface area (Å²) in [6.07, 6.45) is 1.71. The molecule has 0 aliphatic heterocycles. The molecule has 0 aliphatic rings. The Bertz CT molecular complexity index is 582. The van der Waals surface area contributed by atoms with Crippen LogP contribution >= 0.6 is 0 Å². The number of hydrogen-bond acceptors (Lipinski definition) is 2. The number of aromatic hydroxyl groups is 1. The molecular weight excluding hydrogens is 276 g/mol. The number of carbonyl (C=O) groups is 1. The Balaban J connectivity index is 1.68. The van der Waals surface area contributed by atoms with Crippen molar-refractivity contribution in [2.24, 2.45) is 0 Å². The topological polar surface area (TPSA) is 61.4 Å². The summed E-state index contributed by atoms with van der Waals surface area (Å²) in [6, 6.07) is 16.9. The third kappa shape index (κ3) is 5.48. The molecule has 0 spiro atoms. The first-order valence-electron chi connectivity index (χ1n) is 7.49. The Kier molecular flexibility index (Phi) is 5.83. The molecule has 116 valence electrons. The summed E-state index contributed by atoms with van der Waals surface area (Å²) in [7, 11) is 0. The average Bonchev–Trinajstić information content (AvgIpc) is 2.53. The maximum absolute atomic E-state index is 11.8. The smallest absolute Gasteiger partial charge is 0.315 e. The van der Waals surface area contributed by atoms with Gasteiger partial charge >= 0.3 is 6.03 Å². The summed E-state index contributed by atoms with van der Waals surface area (Å²) in [5, 5.41) is 15.0. The summed E-state index contributed by atoms with van der Waals surface area (Å²) in [4.78, 5) is 11.8. The Labute approximate surface area is 131 Å². The van der Waals surface area contributed by atoms with Gasteiger partial charge in [-0.15, -0.1) is 0 Å². The van der Waals surface area contributed by atoms with Gasteiger partial charge in [0.15, 0.2) is 0 Å². The van der Waals surface area contributed by atoms with Crippen LogP contribution in [0.3, 0.4) is 0 Å². The zero-order valence-corrected chi connectivity index (χ0v) is 12.8.